The number of hydrogen-bond acceptors (Lipinski definition) is 4. The van der Waals surface area contributed by atoms with Crippen molar-refractivity contribution in [1.82, 2.24) is 4.98 Å². The van der Waals surface area contributed by atoms with E-state index in [4.69, 9.17) is 4.74 Å². The van der Waals surface area contributed by atoms with Gasteiger partial charge in [0.15, 0.2) is 6.29 Å². The minimum Gasteiger partial charge on any atom is -0.427 e. The summed E-state index contributed by atoms with van der Waals surface area (Å²) >= 11 is 0. The normalized spacial score (nSPS) is 10.1. The number of carbonyl (C=O) groups excluding carboxylic acids is 2. The summed E-state index contributed by atoms with van der Waals surface area (Å²) in [5.74, 6) is 0.0430. The van der Waals surface area contributed by atoms with Crippen molar-refractivity contribution in [3.63, 3.8) is 0 Å². The lowest BCUT2D eigenvalue weighted by molar-refractivity contribution is -0.131. The number of nitrogens with zero attached hydrogens (tertiary/aromatic N) is 1. The third-order valence-corrected chi connectivity index (χ3v) is 2.07. The highest BCUT2D eigenvalue weighted by Gasteiger charge is 2.02. The van der Waals surface area contributed by atoms with Crippen molar-refractivity contribution in [2.45, 2.75) is 6.92 Å². The quantitative estimate of drug-likeness (QED) is 0.436. The molecular weight excluding hydrogens is 206 g/mol. The van der Waals surface area contributed by atoms with Gasteiger partial charge in [-0.25, -0.2) is 4.98 Å². The lowest BCUT2D eigenvalue weighted by Crippen LogP contribution is -2.01. The Bertz CT molecular complexity index is 563. The Morgan fingerprint density at radius 1 is 1.31 bits per heavy atom. The van der Waals surface area contributed by atoms with Crippen molar-refractivity contribution < 1.29 is 14.3 Å². The van der Waals surface area contributed by atoms with Crippen molar-refractivity contribution in [1.29, 1.82) is 0 Å². The molecule has 0 aliphatic carbocycles. The van der Waals surface area contributed by atoms with Crippen LogP contribution in [0.2, 0.25) is 0 Å². The molecule has 0 radical (unpaired) electrons. The van der Waals surface area contributed by atoms with Gasteiger partial charge in [0, 0.05) is 18.4 Å². The van der Waals surface area contributed by atoms with E-state index < -0.39 is 0 Å². The lowest BCUT2D eigenvalue weighted by atomic mass is 10.2. The number of aldehydes is 1. The molecule has 16 heavy (non-hydrogen) atoms. The zero-order valence-corrected chi connectivity index (χ0v) is 8.64. The van der Waals surface area contributed by atoms with E-state index in [0.717, 1.165) is 5.39 Å². The number of benzene rings is 1. The summed E-state index contributed by atoms with van der Waals surface area (Å²) in [4.78, 5) is 25.4. The summed E-state index contributed by atoms with van der Waals surface area (Å²) in [5.41, 5.74) is 0.982. The van der Waals surface area contributed by atoms with Crippen LogP contribution in [0.25, 0.3) is 10.9 Å². The predicted molar refractivity (Wildman–Crippen MR) is 58.4 cm³/mol. The van der Waals surface area contributed by atoms with Gasteiger partial charge in [-0.3, -0.25) is 9.59 Å². The molecule has 80 valence electrons. The van der Waals surface area contributed by atoms with Gasteiger partial charge in [-0.15, -0.1) is 0 Å². The molecule has 0 fully saturated rings. The highest BCUT2D eigenvalue weighted by molar-refractivity contribution is 5.84. The fraction of sp³-hybridized carbons (Fsp3) is 0.0833. The van der Waals surface area contributed by atoms with Gasteiger partial charge in [-0.05, 0) is 18.2 Å². The van der Waals surface area contributed by atoms with Crippen molar-refractivity contribution in [2.24, 2.45) is 0 Å². The minimum absolute atomic E-state index is 0.354. The van der Waals surface area contributed by atoms with Crippen LogP contribution in [-0.2, 0) is 4.79 Å². The fourth-order valence-corrected chi connectivity index (χ4v) is 1.41. The summed E-state index contributed by atoms with van der Waals surface area (Å²) in [5, 5.41) is 0.890. The molecule has 2 aromatic rings. The summed E-state index contributed by atoms with van der Waals surface area (Å²) in [6.07, 6.45) is 0.679. The van der Waals surface area contributed by atoms with Crippen LogP contribution in [-0.4, -0.2) is 17.2 Å². The van der Waals surface area contributed by atoms with E-state index in [1.54, 1.807) is 30.3 Å². The first kappa shape index (κ1) is 10.3. The number of aromatic nitrogens is 1. The number of ether oxygens (including phenoxy) is 1. The number of esters is 1. The molecular formula is C12H9NO3. The molecule has 1 aromatic carbocycles. The van der Waals surface area contributed by atoms with Crippen LogP contribution >= 0.6 is 0 Å². The van der Waals surface area contributed by atoms with Crippen LogP contribution in [0.1, 0.15) is 17.4 Å². The number of pyridine rings is 1. The third-order valence-electron chi connectivity index (χ3n) is 2.07. The van der Waals surface area contributed by atoms with E-state index >= 15 is 0 Å². The van der Waals surface area contributed by atoms with Crippen molar-refractivity contribution in [3.05, 3.63) is 36.0 Å². The molecule has 0 N–H and O–H groups in total. The first-order valence-corrected chi connectivity index (χ1v) is 4.73. The molecule has 0 unspecified atom stereocenters. The van der Waals surface area contributed by atoms with Gasteiger partial charge in [-0.2, -0.15) is 0 Å². The van der Waals surface area contributed by atoms with Crippen LogP contribution in [0.4, 0.5) is 0 Å². The van der Waals surface area contributed by atoms with Gasteiger partial charge < -0.3 is 4.74 Å². The Morgan fingerprint density at radius 2 is 2.06 bits per heavy atom. The molecule has 1 heterocycles. The summed E-state index contributed by atoms with van der Waals surface area (Å²) in [6.45, 7) is 1.33. The van der Waals surface area contributed by atoms with E-state index in [-0.39, 0.29) is 5.97 Å². The Labute approximate surface area is 91.9 Å². The lowest BCUT2D eigenvalue weighted by Gasteiger charge is -2.02. The summed E-state index contributed by atoms with van der Waals surface area (Å²) in [7, 11) is 0. The van der Waals surface area contributed by atoms with Crippen LogP contribution in [0.5, 0.6) is 5.75 Å². The average Bonchev–Trinajstić information content (AvgIpc) is 2.27. The van der Waals surface area contributed by atoms with Crippen molar-refractivity contribution >= 4 is 23.2 Å². The van der Waals surface area contributed by atoms with Crippen molar-refractivity contribution in [3.8, 4) is 5.75 Å². The first-order chi connectivity index (χ1) is 7.69. The minimum atomic E-state index is -0.383. The summed E-state index contributed by atoms with van der Waals surface area (Å²) < 4.78 is 4.93. The second-order valence-electron chi connectivity index (χ2n) is 3.30. The van der Waals surface area contributed by atoms with Gasteiger partial charge in [0.1, 0.15) is 11.4 Å². The molecule has 2 rings (SSSR count). The van der Waals surface area contributed by atoms with Crippen molar-refractivity contribution in [2.75, 3.05) is 0 Å². The van der Waals surface area contributed by atoms with E-state index in [9.17, 15) is 9.59 Å². The van der Waals surface area contributed by atoms with Gasteiger partial charge in [-0.1, -0.05) is 6.07 Å². The predicted octanol–water partition coefficient (Wildman–Crippen LogP) is 1.97. The maximum absolute atomic E-state index is 10.8. The SMILES string of the molecule is CC(=O)Oc1ccc2ccc(C=O)nc2c1. The topological polar surface area (TPSA) is 56.3 Å². The van der Waals surface area contributed by atoms with Crippen LogP contribution in [0.3, 0.4) is 0 Å². The van der Waals surface area contributed by atoms with Gasteiger partial charge in [0.05, 0.1) is 5.52 Å². The number of fused-ring (bicyclic) bond motifs is 1. The smallest absolute Gasteiger partial charge is 0.308 e. The zero-order valence-electron chi connectivity index (χ0n) is 8.64. The fourth-order valence-electron chi connectivity index (χ4n) is 1.41. The van der Waals surface area contributed by atoms with Gasteiger partial charge in [0.2, 0.25) is 0 Å². The molecule has 0 amide bonds. The van der Waals surface area contributed by atoms with E-state index in [1.807, 2.05) is 0 Å². The molecule has 0 aliphatic rings. The molecule has 0 bridgehead atoms. The Kier molecular flexibility index (Phi) is 2.64. The van der Waals surface area contributed by atoms with E-state index in [1.165, 1.54) is 6.92 Å². The Morgan fingerprint density at radius 3 is 2.75 bits per heavy atom. The number of rotatable bonds is 2. The highest BCUT2D eigenvalue weighted by atomic mass is 16.5. The maximum Gasteiger partial charge on any atom is 0.308 e. The Hall–Kier alpha value is -2.23. The summed E-state index contributed by atoms with van der Waals surface area (Å²) in [6, 6.07) is 8.54. The standard InChI is InChI=1S/C12H9NO3/c1-8(15)16-11-5-3-9-2-4-10(7-14)13-12(9)6-11/h2-7H,1H3. The van der Waals surface area contributed by atoms with Crippen LogP contribution < -0.4 is 4.74 Å². The van der Waals surface area contributed by atoms with Gasteiger partial charge in [0.25, 0.3) is 0 Å². The Balaban J connectivity index is 2.50. The molecule has 4 nitrogen and oxygen atoms in total. The molecule has 0 saturated carbocycles. The van der Waals surface area contributed by atoms with Crippen LogP contribution in [0.15, 0.2) is 30.3 Å². The molecule has 0 spiro atoms. The number of hydrogen-bond donors (Lipinski definition) is 0. The molecule has 4 heteroatoms. The molecule has 0 atom stereocenters. The maximum atomic E-state index is 10.8. The second-order valence-corrected chi connectivity index (χ2v) is 3.30. The van der Waals surface area contributed by atoms with Gasteiger partial charge >= 0.3 is 5.97 Å². The molecule has 0 aliphatic heterocycles. The monoisotopic (exact) mass is 215 g/mol. The first-order valence-electron chi connectivity index (χ1n) is 4.73. The average molecular weight is 215 g/mol. The molecule has 1 aromatic heterocycles. The highest BCUT2D eigenvalue weighted by Crippen LogP contribution is 2.19. The largest absolute Gasteiger partial charge is 0.427 e. The number of carbonyl (C=O) groups is 2. The van der Waals surface area contributed by atoms with E-state index in [0.29, 0.717) is 23.2 Å². The van der Waals surface area contributed by atoms with Crippen LogP contribution in [0, 0.1) is 0 Å². The molecule has 0 saturated heterocycles. The second kappa shape index (κ2) is 4.10. The van der Waals surface area contributed by atoms with E-state index in [2.05, 4.69) is 4.98 Å². The zero-order chi connectivity index (χ0) is 11.5. The third kappa shape index (κ3) is 2.06.